The third-order valence-electron chi connectivity index (χ3n) is 2.72. The van der Waals surface area contributed by atoms with Gasteiger partial charge in [-0.1, -0.05) is 30.3 Å². The lowest BCUT2D eigenvalue weighted by Crippen LogP contribution is -2.08. The van der Waals surface area contributed by atoms with Gasteiger partial charge in [0.1, 0.15) is 11.5 Å². The molecule has 5 nitrogen and oxygen atoms in total. The van der Waals surface area contributed by atoms with Crippen LogP contribution >= 0.6 is 0 Å². The van der Waals surface area contributed by atoms with Crippen LogP contribution in [0.3, 0.4) is 0 Å². The van der Waals surface area contributed by atoms with Gasteiger partial charge in [-0.25, -0.2) is 4.79 Å². The lowest BCUT2D eigenvalue weighted by Gasteiger charge is -2.07. The predicted octanol–water partition coefficient (Wildman–Crippen LogP) is 3.20. The van der Waals surface area contributed by atoms with E-state index in [1.807, 2.05) is 30.3 Å². The Labute approximate surface area is 134 Å². The fraction of sp³-hybridized carbons (Fsp3) is 0.111. The summed E-state index contributed by atoms with van der Waals surface area (Å²) in [5.41, 5.74) is 0.909. The van der Waals surface area contributed by atoms with Gasteiger partial charge in [0.15, 0.2) is 0 Å². The van der Waals surface area contributed by atoms with Crippen molar-refractivity contribution in [3.05, 3.63) is 66.2 Å². The standard InChI is InChI=1S/C18H16O5/c1-14(19)23-17-10-8-16(9-11-17)21-13-22-18(20)12-7-15-5-3-2-4-6-15/h2-12H,13H2,1H3/b12-7-. The van der Waals surface area contributed by atoms with Crippen molar-refractivity contribution in [1.82, 2.24) is 0 Å². The molecule has 0 saturated heterocycles. The smallest absolute Gasteiger partial charge is 0.333 e. The molecule has 0 bridgehead atoms. The highest BCUT2D eigenvalue weighted by molar-refractivity contribution is 5.86. The zero-order valence-electron chi connectivity index (χ0n) is 12.6. The van der Waals surface area contributed by atoms with Crippen LogP contribution in [-0.4, -0.2) is 18.7 Å². The van der Waals surface area contributed by atoms with Crippen LogP contribution in [0.2, 0.25) is 0 Å². The molecule has 0 amide bonds. The van der Waals surface area contributed by atoms with E-state index < -0.39 is 11.9 Å². The van der Waals surface area contributed by atoms with Crippen molar-refractivity contribution in [3.63, 3.8) is 0 Å². The SMILES string of the molecule is CC(=O)Oc1ccc(OCOC(=O)/C=C\c2ccccc2)cc1. The Hall–Kier alpha value is -3.08. The van der Waals surface area contributed by atoms with Gasteiger partial charge >= 0.3 is 11.9 Å². The molecule has 0 N–H and O–H groups in total. The summed E-state index contributed by atoms with van der Waals surface area (Å²) < 4.78 is 15.1. The number of carbonyl (C=O) groups is 2. The third-order valence-corrected chi connectivity index (χ3v) is 2.72. The molecule has 23 heavy (non-hydrogen) atoms. The first kappa shape index (κ1) is 16.3. The molecule has 118 valence electrons. The molecule has 0 aromatic heterocycles. The highest BCUT2D eigenvalue weighted by Gasteiger charge is 2.01. The molecule has 0 saturated carbocycles. The summed E-state index contributed by atoms with van der Waals surface area (Å²) in [4.78, 5) is 22.3. The second-order valence-electron chi connectivity index (χ2n) is 4.53. The van der Waals surface area contributed by atoms with Crippen molar-refractivity contribution in [2.75, 3.05) is 6.79 Å². The second kappa shape index (κ2) is 8.38. The van der Waals surface area contributed by atoms with Gasteiger partial charge in [-0.2, -0.15) is 0 Å². The number of ether oxygens (including phenoxy) is 3. The van der Waals surface area contributed by atoms with Crippen molar-refractivity contribution in [2.45, 2.75) is 6.92 Å². The molecule has 2 aromatic rings. The molecule has 0 fully saturated rings. The maximum Gasteiger partial charge on any atom is 0.333 e. The van der Waals surface area contributed by atoms with Crippen molar-refractivity contribution < 1.29 is 23.8 Å². The first-order valence-electron chi connectivity index (χ1n) is 6.94. The Morgan fingerprint density at radius 2 is 1.61 bits per heavy atom. The molecule has 0 aliphatic heterocycles. The minimum Gasteiger partial charge on any atom is -0.457 e. The fourth-order valence-electron chi connectivity index (χ4n) is 1.70. The van der Waals surface area contributed by atoms with E-state index in [9.17, 15) is 9.59 Å². The van der Waals surface area contributed by atoms with Crippen LogP contribution in [0.5, 0.6) is 11.5 Å². The van der Waals surface area contributed by atoms with Crippen LogP contribution in [0.1, 0.15) is 12.5 Å². The van der Waals surface area contributed by atoms with Crippen molar-refractivity contribution in [3.8, 4) is 11.5 Å². The van der Waals surface area contributed by atoms with E-state index in [0.717, 1.165) is 5.56 Å². The van der Waals surface area contributed by atoms with Crippen molar-refractivity contribution in [1.29, 1.82) is 0 Å². The molecule has 0 radical (unpaired) electrons. The van der Waals surface area contributed by atoms with E-state index in [1.165, 1.54) is 13.0 Å². The Bertz CT molecular complexity index is 674. The zero-order chi connectivity index (χ0) is 16.5. The Morgan fingerprint density at radius 3 is 2.26 bits per heavy atom. The lowest BCUT2D eigenvalue weighted by molar-refractivity contribution is -0.144. The summed E-state index contributed by atoms with van der Waals surface area (Å²) >= 11 is 0. The molecule has 2 aromatic carbocycles. The van der Waals surface area contributed by atoms with Crippen LogP contribution in [0.4, 0.5) is 0 Å². The number of rotatable bonds is 6. The van der Waals surface area contributed by atoms with E-state index in [4.69, 9.17) is 14.2 Å². The molecule has 5 heteroatoms. The van der Waals surface area contributed by atoms with Gasteiger partial charge in [0.05, 0.1) is 0 Å². The quantitative estimate of drug-likeness (QED) is 0.355. The molecule has 0 unspecified atom stereocenters. The summed E-state index contributed by atoms with van der Waals surface area (Å²) in [6.45, 7) is 1.12. The molecule has 0 atom stereocenters. The average Bonchev–Trinajstić information content (AvgIpc) is 2.55. The molecule has 2 rings (SSSR count). The van der Waals surface area contributed by atoms with Crippen LogP contribution in [0.15, 0.2) is 60.7 Å². The summed E-state index contributed by atoms with van der Waals surface area (Å²) in [5, 5.41) is 0. The zero-order valence-corrected chi connectivity index (χ0v) is 12.6. The minimum atomic E-state index is -0.495. The number of hydrogen-bond acceptors (Lipinski definition) is 5. The fourth-order valence-corrected chi connectivity index (χ4v) is 1.70. The minimum absolute atomic E-state index is 0.203. The van der Waals surface area contributed by atoms with Crippen LogP contribution in [-0.2, 0) is 14.3 Å². The summed E-state index contributed by atoms with van der Waals surface area (Å²) in [6.07, 6.45) is 3.00. The van der Waals surface area contributed by atoms with Gasteiger partial charge < -0.3 is 14.2 Å². The van der Waals surface area contributed by atoms with Gasteiger partial charge in [-0.3, -0.25) is 4.79 Å². The maximum absolute atomic E-state index is 11.5. The van der Waals surface area contributed by atoms with Crippen molar-refractivity contribution in [2.24, 2.45) is 0 Å². The summed E-state index contributed by atoms with van der Waals surface area (Å²) in [7, 11) is 0. The van der Waals surface area contributed by atoms with Gasteiger partial charge in [0, 0.05) is 13.0 Å². The normalized spacial score (nSPS) is 10.3. The number of benzene rings is 2. The Kier molecular flexibility index (Phi) is 5.94. The van der Waals surface area contributed by atoms with Gasteiger partial charge in [-0.05, 0) is 35.9 Å². The van der Waals surface area contributed by atoms with Crippen LogP contribution in [0.25, 0.3) is 6.08 Å². The van der Waals surface area contributed by atoms with Gasteiger partial charge in [0.2, 0.25) is 6.79 Å². The number of carbonyl (C=O) groups excluding carboxylic acids is 2. The number of hydrogen-bond donors (Lipinski definition) is 0. The highest BCUT2D eigenvalue weighted by Crippen LogP contribution is 2.17. The van der Waals surface area contributed by atoms with E-state index in [0.29, 0.717) is 11.5 Å². The highest BCUT2D eigenvalue weighted by atomic mass is 16.7. The summed E-state index contributed by atoms with van der Waals surface area (Å²) in [5.74, 6) is 0.0385. The Morgan fingerprint density at radius 1 is 0.957 bits per heavy atom. The van der Waals surface area contributed by atoms with Crippen LogP contribution < -0.4 is 9.47 Å². The first-order valence-corrected chi connectivity index (χ1v) is 6.94. The molecular weight excluding hydrogens is 296 g/mol. The average molecular weight is 312 g/mol. The first-order chi connectivity index (χ1) is 11.1. The number of esters is 2. The largest absolute Gasteiger partial charge is 0.457 e. The maximum atomic E-state index is 11.5. The summed E-state index contributed by atoms with van der Waals surface area (Å²) in [6, 6.07) is 15.8. The molecule has 0 aliphatic carbocycles. The molecule has 0 heterocycles. The van der Waals surface area contributed by atoms with E-state index >= 15 is 0 Å². The van der Waals surface area contributed by atoms with Crippen LogP contribution in [0, 0.1) is 0 Å². The van der Waals surface area contributed by atoms with E-state index in [1.54, 1.807) is 30.3 Å². The second-order valence-corrected chi connectivity index (χ2v) is 4.53. The molecular formula is C18H16O5. The Balaban J connectivity index is 1.75. The van der Waals surface area contributed by atoms with Gasteiger partial charge in [-0.15, -0.1) is 0 Å². The van der Waals surface area contributed by atoms with Gasteiger partial charge in [0.25, 0.3) is 0 Å². The third kappa shape index (κ3) is 6.05. The molecule has 0 spiro atoms. The van der Waals surface area contributed by atoms with E-state index in [2.05, 4.69) is 0 Å². The topological polar surface area (TPSA) is 61.8 Å². The lowest BCUT2D eigenvalue weighted by atomic mass is 10.2. The van der Waals surface area contributed by atoms with E-state index in [-0.39, 0.29) is 6.79 Å². The van der Waals surface area contributed by atoms with Crippen molar-refractivity contribution >= 4 is 18.0 Å². The monoisotopic (exact) mass is 312 g/mol. The predicted molar refractivity (Wildman–Crippen MR) is 84.8 cm³/mol. The molecule has 0 aliphatic rings.